The molecule has 3 aromatic rings. The number of phenolic OH excluding ortho intramolecular Hbond substituents is 1. The summed E-state index contributed by atoms with van der Waals surface area (Å²) in [5.41, 5.74) is 1.33. The first-order valence-electron chi connectivity index (χ1n) is 8.88. The van der Waals surface area contributed by atoms with E-state index in [1.807, 2.05) is 18.2 Å². The van der Waals surface area contributed by atoms with Gasteiger partial charge in [-0.1, -0.05) is 18.2 Å². The Morgan fingerprint density at radius 1 is 1.15 bits per heavy atom. The number of piperazine rings is 1. The van der Waals surface area contributed by atoms with Gasteiger partial charge in [-0.2, -0.15) is 0 Å². The predicted octanol–water partition coefficient (Wildman–Crippen LogP) is 2.97. The Balaban J connectivity index is 1.39. The number of rotatable bonds is 4. The fraction of sp³-hybridized carbons (Fsp3) is 0.300. The van der Waals surface area contributed by atoms with Crippen LogP contribution in [0.15, 0.2) is 42.5 Å². The van der Waals surface area contributed by atoms with Crippen molar-refractivity contribution in [2.45, 2.75) is 6.54 Å². The molecule has 1 amide bonds. The van der Waals surface area contributed by atoms with Crippen LogP contribution in [0, 0.1) is 0 Å². The number of ether oxygens (including phenoxy) is 1. The number of fused-ring (bicyclic) bond motifs is 1. The van der Waals surface area contributed by atoms with Crippen LogP contribution in [0.3, 0.4) is 0 Å². The van der Waals surface area contributed by atoms with Gasteiger partial charge in [0.25, 0.3) is 5.91 Å². The third-order valence-electron chi connectivity index (χ3n) is 4.81. The number of amides is 1. The number of thiazole rings is 1. The Hall–Kier alpha value is -2.64. The van der Waals surface area contributed by atoms with E-state index in [4.69, 9.17) is 4.74 Å². The molecule has 27 heavy (non-hydrogen) atoms. The number of hydrogen-bond acceptors (Lipinski definition) is 6. The molecule has 1 aliphatic rings. The molecular weight excluding hydrogens is 362 g/mol. The van der Waals surface area contributed by atoms with Gasteiger partial charge in [-0.25, -0.2) is 4.98 Å². The van der Waals surface area contributed by atoms with E-state index < -0.39 is 0 Å². The number of methoxy groups -OCH3 is 1. The first kappa shape index (κ1) is 17.8. The zero-order valence-electron chi connectivity index (χ0n) is 15.1. The van der Waals surface area contributed by atoms with Crippen LogP contribution in [-0.2, 0) is 6.54 Å². The maximum atomic E-state index is 12.8. The SMILES string of the molecule is COc1cccc(C(=O)N2CCN(Cc3nc4ccccc4s3)CC2)c1O. The molecule has 4 rings (SSSR count). The van der Waals surface area contributed by atoms with Crippen LogP contribution in [0.4, 0.5) is 0 Å². The highest BCUT2D eigenvalue weighted by atomic mass is 32.1. The Morgan fingerprint density at radius 2 is 1.93 bits per heavy atom. The monoisotopic (exact) mass is 383 g/mol. The first-order valence-corrected chi connectivity index (χ1v) is 9.69. The lowest BCUT2D eigenvalue weighted by molar-refractivity contribution is 0.0625. The van der Waals surface area contributed by atoms with Crippen LogP contribution >= 0.6 is 11.3 Å². The zero-order valence-corrected chi connectivity index (χ0v) is 15.9. The number of aromatic nitrogens is 1. The van der Waals surface area contributed by atoms with Crippen molar-refractivity contribution in [1.29, 1.82) is 0 Å². The number of aromatic hydroxyl groups is 1. The van der Waals surface area contributed by atoms with Crippen molar-refractivity contribution >= 4 is 27.5 Å². The first-order chi connectivity index (χ1) is 13.2. The molecule has 6 nitrogen and oxygen atoms in total. The van der Waals surface area contributed by atoms with Crippen molar-refractivity contribution in [2.24, 2.45) is 0 Å². The van der Waals surface area contributed by atoms with Gasteiger partial charge >= 0.3 is 0 Å². The van der Waals surface area contributed by atoms with E-state index in [0.29, 0.717) is 18.8 Å². The average molecular weight is 383 g/mol. The summed E-state index contributed by atoms with van der Waals surface area (Å²) in [6, 6.07) is 13.2. The second-order valence-electron chi connectivity index (χ2n) is 6.50. The lowest BCUT2D eigenvalue weighted by Crippen LogP contribution is -2.48. The van der Waals surface area contributed by atoms with Gasteiger partial charge in [0.05, 0.1) is 29.4 Å². The smallest absolute Gasteiger partial charge is 0.257 e. The van der Waals surface area contributed by atoms with E-state index in [2.05, 4.69) is 16.0 Å². The fourth-order valence-corrected chi connectivity index (χ4v) is 4.33. The lowest BCUT2D eigenvalue weighted by atomic mass is 10.1. The summed E-state index contributed by atoms with van der Waals surface area (Å²) in [5, 5.41) is 11.3. The van der Waals surface area contributed by atoms with E-state index >= 15 is 0 Å². The number of carbonyl (C=O) groups excluding carboxylic acids is 1. The molecule has 0 saturated carbocycles. The highest BCUT2D eigenvalue weighted by Crippen LogP contribution is 2.30. The van der Waals surface area contributed by atoms with E-state index in [9.17, 15) is 9.90 Å². The Bertz CT molecular complexity index is 931. The summed E-state index contributed by atoms with van der Waals surface area (Å²) in [6.07, 6.45) is 0. The molecule has 1 saturated heterocycles. The highest BCUT2D eigenvalue weighted by molar-refractivity contribution is 7.18. The summed E-state index contributed by atoms with van der Waals surface area (Å²) >= 11 is 1.72. The predicted molar refractivity (Wildman–Crippen MR) is 105 cm³/mol. The van der Waals surface area contributed by atoms with Crippen LogP contribution in [-0.4, -0.2) is 59.1 Å². The number of benzene rings is 2. The number of carbonyl (C=O) groups is 1. The molecule has 0 radical (unpaired) electrons. The van der Waals surface area contributed by atoms with Gasteiger partial charge in [0.2, 0.25) is 0 Å². The minimum absolute atomic E-state index is 0.0955. The molecule has 1 aromatic heterocycles. The maximum Gasteiger partial charge on any atom is 0.257 e. The standard InChI is InChI=1S/C20H21N3O3S/c1-26-16-7-4-5-14(19(16)24)20(25)23-11-9-22(10-12-23)13-18-21-15-6-2-3-8-17(15)27-18/h2-8,24H,9-13H2,1H3. The summed E-state index contributed by atoms with van der Waals surface area (Å²) in [7, 11) is 1.48. The van der Waals surface area contributed by atoms with Crippen molar-refractivity contribution in [3.05, 3.63) is 53.0 Å². The van der Waals surface area contributed by atoms with Crippen LogP contribution in [0.25, 0.3) is 10.2 Å². The average Bonchev–Trinajstić information content (AvgIpc) is 3.10. The normalized spacial score (nSPS) is 15.2. The Kier molecular flexibility index (Phi) is 4.96. The molecule has 1 fully saturated rings. The second kappa shape index (κ2) is 7.54. The molecule has 140 valence electrons. The third-order valence-corrected chi connectivity index (χ3v) is 5.83. The van der Waals surface area contributed by atoms with Crippen molar-refractivity contribution in [3.63, 3.8) is 0 Å². The zero-order chi connectivity index (χ0) is 18.8. The number of hydrogen-bond donors (Lipinski definition) is 1. The van der Waals surface area contributed by atoms with Gasteiger partial charge in [0, 0.05) is 26.2 Å². The summed E-state index contributed by atoms with van der Waals surface area (Å²) in [4.78, 5) is 21.5. The van der Waals surface area contributed by atoms with Gasteiger partial charge in [0.15, 0.2) is 11.5 Å². The molecule has 0 bridgehead atoms. The molecule has 2 heterocycles. The van der Waals surface area contributed by atoms with E-state index in [-0.39, 0.29) is 17.2 Å². The molecule has 7 heteroatoms. The number of phenols is 1. The van der Waals surface area contributed by atoms with Crippen LogP contribution < -0.4 is 4.74 Å². The van der Waals surface area contributed by atoms with E-state index in [1.165, 1.54) is 11.8 Å². The van der Waals surface area contributed by atoms with Gasteiger partial charge in [-0.05, 0) is 24.3 Å². The van der Waals surface area contributed by atoms with Gasteiger partial charge in [0.1, 0.15) is 5.01 Å². The Labute approximate surface area is 161 Å². The van der Waals surface area contributed by atoms with Crippen molar-refractivity contribution in [3.8, 4) is 11.5 Å². The van der Waals surface area contributed by atoms with Crippen LogP contribution in [0.2, 0.25) is 0 Å². The van der Waals surface area contributed by atoms with E-state index in [0.717, 1.165) is 30.2 Å². The molecule has 0 unspecified atom stereocenters. The molecular formula is C20H21N3O3S. The maximum absolute atomic E-state index is 12.8. The summed E-state index contributed by atoms with van der Waals surface area (Å²) in [5.74, 6) is 0.0586. The van der Waals surface area contributed by atoms with Crippen molar-refractivity contribution in [1.82, 2.24) is 14.8 Å². The van der Waals surface area contributed by atoms with E-state index in [1.54, 1.807) is 34.4 Å². The minimum Gasteiger partial charge on any atom is -0.504 e. The van der Waals surface area contributed by atoms with Gasteiger partial charge in [-0.15, -0.1) is 11.3 Å². The molecule has 0 spiro atoms. The van der Waals surface area contributed by atoms with Crippen molar-refractivity contribution in [2.75, 3.05) is 33.3 Å². The molecule has 2 aromatic carbocycles. The van der Waals surface area contributed by atoms with Crippen LogP contribution in [0.5, 0.6) is 11.5 Å². The third kappa shape index (κ3) is 3.61. The molecule has 0 aliphatic carbocycles. The molecule has 1 N–H and O–H groups in total. The minimum atomic E-state index is -0.161. The molecule has 0 atom stereocenters. The Morgan fingerprint density at radius 3 is 2.67 bits per heavy atom. The number of nitrogens with zero attached hydrogens (tertiary/aromatic N) is 3. The van der Waals surface area contributed by atoms with Gasteiger partial charge < -0.3 is 14.7 Å². The fourth-order valence-electron chi connectivity index (χ4n) is 3.32. The summed E-state index contributed by atoms with van der Waals surface area (Å²) in [6.45, 7) is 3.62. The topological polar surface area (TPSA) is 65.9 Å². The summed E-state index contributed by atoms with van der Waals surface area (Å²) < 4.78 is 6.30. The molecule has 1 aliphatic heterocycles. The van der Waals surface area contributed by atoms with Crippen LogP contribution in [0.1, 0.15) is 15.4 Å². The second-order valence-corrected chi connectivity index (χ2v) is 7.62. The number of para-hydroxylation sites is 2. The highest BCUT2D eigenvalue weighted by Gasteiger charge is 2.25. The lowest BCUT2D eigenvalue weighted by Gasteiger charge is -2.34. The van der Waals surface area contributed by atoms with Crippen molar-refractivity contribution < 1.29 is 14.6 Å². The quantitative estimate of drug-likeness (QED) is 0.750. The van der Waals surface area contributed by atoms with Gasteiger partial charge in [-0.3, -0.25) is 9.69 Å². The largest absolute Gasteiger partial charge is 0.504 e.